The van der Waals surface area contributed by atoms with E-state index in [0.29, 0.717) is 0 Å². The van der Waals surface area contributed by atoms with Gasteiger partial charge < -0.3 is 15.0 Å². The minimum Gasteiger partial charge on any atom is -0.492 e. The topological polar surface area (TPSA) is 37.4 Å². The number of ether oxygens (including phenoxy) is 1. The van der Waals surface area contributed by atoms with E-state index < -0.39 is 0 Å². The van der Waals surface area contributed by atoms with Crippen molar-refractivity contribution in [1.29, 1.82) is 0 Å². The van der Waals surface area contributed by atoms with E-state index in [-0.39, 0.29) is 0 Å². The van der Waals surface area contributed by atoms with Crippen LogP contribution in [0.1, 0.15) is 19.4 Å². The van der Waals surface area contributed by atoms with E-state index >= 15 is 0 Å². The van der Waals surface area contributed by atoms with Crippen molar-refractivity contribution in [2.75, 3.05) is 31.6 Å². The quantitative estimate of drug-likeness (QED) is 0.770. The molecule has 0 bridgehead atoms. The van der Waals surface area contributed by atoms with Gasteiger partial charge in [-0.1, -0.05) is 32.0 Å². The lowest BCUT2D eigenvalue weighted by molar-refractivity contribution is 0.222. The van der Waals surface area contributed by atoms with Crippen LogP contribution in [0.25, 0.3) is 0 Å². The van der Waals surface area contributed by atoms with Gasteiger partial charge in [-0.25, -0.2) is 4.98 Å². The Morgan fingerprint density at radius 2 is 1.95 bits per heavy atom. The monoisotopic (exact) mass is 299 g/mol. The number of pyridine rings is 1. The molecular formula is C18H25N3O. The molecule has 118 valence electrons. The highest BCUT2D eigenvalue weighted by Crippen LogP contribution is 2.14. The zero-order valence-electron chi connectivity index (χ0n) is 13.5. The third-order valence-corrected chi connectivity index (χ3v) is 3.61. The lowest BCUT2D eigenvalue weighted by Crippen LogP contribution is -2.27. The van der Waals surface area contributed by atoms with Crippen LogP contribution >= 0.6 is 0 Å². The number of hydrogen-bond acceptors (Lipinski definition) is 4. The Morgan fingerprint density at radius 1 is 1.09 bits per heavy atom. The molecule has 2 aromatic rings. The smallest absolute Gasteiger partial charge is 0.126 e. The predicted octanol–water partition coefficient (Wildman–Crippen LogP) is 3.41. The van der Waals surface area contributed by atoms with Gasteiger partial charge in [-0.15, -0.1) is 0 Å². The van der Waals surface area contributed by atoms with Crippen molar-refractivity contribution in [3.05, 3.63) is 54.2 Å². The molecule has 0 amide bonds. The zero-order chi connectivity index (χ0) is 15.6. The van der Waals surface area contributed by atoms with Crippen molar-refractivity contribution in [3.8, 4) is 5.75 Å². The standard InChI is InChI=1S/C18H25N3O/c1-3-21(4-2)12-13-22-17-9-7-8-16(14-17)15-20-18-10-5-6-11-19-18/h5-11,14H,3-4,12-13,15H2,1-2H3,(H,19,20). The maximum atomic E-state index is 5.85. The van der Waals surface area contributed by atoms with E-state index in [4.69, 9.17) is 4.74 Å². The molecule has 0 aliphatic carbocycles. The molecule has 0 saturated carbocycles. The number of nitrogens with one attached hydrogen (secondary N) is 1. The average molecular weight is 299 g/mol. The first-order valence-electron chi connectivity index (χ1n) is 7.90. The normalized spacial score (nSPS) is 10.7. The summed E-state index contributed by atoms with van der Waals surface area (Å²) < 4.78 is 5.85. The van der Waals surface area contributed by atoms with Gasteiger partial charge in [0.1, 0.15) is 18.2 Å². The highest BCUT2D eigenvalue weighted by atomic mass is 16.5. The third-order valence-electron chi connectivity index (χ3n) is 3.61. The van der Waals surface area contributed by atoms with Gasteiger partial charge in [0, 0.05) is 19.3 Å². The lowest BCUT2D eigenvalue weighted by Gasteiger charge is -2.18. The number of nitrogens with zero attached hydrogens (tertiary/aromatic N) is 2. The molecule has 0 atom stereocenters. The molecule has 4 nitrogen and oxygen atoms in total. The molecule has 4 heteroatoms. The van der Waals surface area contributed by atoms with Gasteiger partial charge >= 0.3 is 0 Å². The van der Waals surface area contributed by atoms with Crippen LogP contribution in [0.15, 0.2) is 48.7 Å². The number of anilines is 1. The zero-order valence-corrected chi connectivity index (χ0v) is 13.5. The van der Waals surface area contributed by atoms with Crippen LogP contribution in [0, 0.1) is 0 Å². The van der Waals surface area contributed by atoms with Crippen molar-refractivity contribution in [2.24, 2.45) is 0 Å². The lowest BCUT2D eigenvalue weighted by atomic mass is 10.2. The van der Waals surface area contributed by atoms with E-state index in [9.17, 15) is 0 Å². The molecule has 1 aromatic carbocycles. The molecule has 2 rings (SSSR count). The summed E-state index contributed by atoms with van der Waals surface area (Å²) in [6.45, 7) is 8.90. The van der Waals surface area contributed by atoms with Gasteiger partial charge in [0.2, 0.25) is 0 Å². The summed E-state index contributed by atoms with van der Waals surface area (Å²) in [5.74, 6) is 1.81. The van der Waals surface area contributed by atoms with Crippen LogP contribution in [0.3, 0.4) is 0 Å². The molecule has 0 aliphatic rings. The molecule has 0 saturated heterocycles. The van der Waals surface area contributed by atoms with Crippen LogP contribution < -0.4 is 10.1 Å². The number of rotatable bonds is 9. The maximum Gasteiger partial charge on any atom is 0.126 e. The van der Waals surface area contributed by atoms with E-state index in [2.05, 4.69) is 41.2 Å². The average Bonchev–Trinajstić information content (AvgIpc) is 2.58. The highest BCUT2D eigenvalue weighted by Gasteiger charge is 2.01. The first kappa shape index (κ1) is 16.3. The van der Waals surface area contributed by atoms with Crippen molar-refractivity contribution < 1.29 is 4.74 Å². The maximum absolute atomic E-state index is 5.85. The van der Waals surface area contributed by atoms with Gasteiger partial charge in [-0.05, 0) is 42.9 Å². The predicted molar refractivity (Wildman–Crippen MR) is 91.3 cm³/mol. The van der Waals surface area contributed by atoms with Crippen LogP contribution in [0.5, 0.6) is 5.75 Å². The van der Waals surface area contributed by atoms with Gasteiger partial charge in [0.25, 0.3) is 0 Å². The molecule has 1 heterocycles. The summed E-state index contributed by atoms with van der Waals surface area (Å²) in [5, 5.41) is 3.31. The molecule has 0 aliphatic heterocycles. The van der Waals surface area contributed by atoms with E-state index in [0.717, 1.165) is 44.4 Å². The molecule has 0 radical (unpaired) electrons. The molecule has 0 fully saturated rings. The minimum atomic E-state index is 0.721. The van der Waals surface area contributed by atoms with Crippen molar-refractivity contribution in [3.63, 3.8) is 0 Å². The van der Waals surface area contributed by atoms with Crippen LogP contribution in [0.4, 0.5) is 5.82 Å². The number of aromatic nitrogens is 1. The fraction of sp³-hybridized carbons (Fsp3) is 0.389. The number of benzene rings is 1. The first-order valence-corrected chi connectivity index (χ1v) is 7.90. The van der Waals surface area contributed by atoms with Gasteiger partial charge in [-0.3, -0.25) is 0 Å². The number of likely N-dealkylation sites (N-methyl/N-ethyl adjacent to an activating group) is 1. The molecule has 22 heavy (non-hydrogen) atoms. The van der Waals surface area contributed by atoms with Gasteiger partial charge in [0.05, 0.1) is 0 Å². The molecule has 0 unspecified atom stereocenters. The van der Waals surface area contributed by atoms with E-state index in [1.807, 2.05) is 30.3 Å². The van der Waals surface area contributed by atoms with Crippen LogP contribution in [-0.2, 0) is 6.54 Å². The van der Waals surface area contributed by atoms with E-state index in [1.165, 1.54) is 5.56 Å². The molecule has 0 spiro atoms. The molecule has 1 N–H and O–H groups in total. The Morgan fingerprint density at radius 3 is 2.68 bits per heavy atom. The van der Waals surface area contributed by atoms with E-state index in [1.54, 1.807) is 6.20 Å². The van der Waals surface area contributed by atoms with Gasteiger partial charge in [0.15, 0.2) is 0 Å². The van der Waals surface area contributed by atoms with Gasteiger partial charge in [-0.2, -0.15) is 0 Å². The molecular weight excluding hydrogens is 274 g/mol. The highest BCUT2D eigenvalue weighted by molar-refractivity contribution is 5.36. The summed E-state index contributed by atoms with van der Waals surface area (Å²) in [5.41, 5.74) is 1.19. The van der Waals surface area contributed by atoms with Crippen molar-refractivity contribution in [1.82, 2.24) is 9.88 Å². The Kier molecular flexibility index (Phi) is 6.71. The Bertz CT molecular complexity index is 541. The summed E-state index contributed by atoms with van der Waals surface area (Å²) in [7, 11) is 0. The van der Waals surface area contributed by atoms with Crippen LogP contribution in [0.2, 0.25) is 0 Å². The Hall–Kier alpha value is -2.07. The Balaban J connectivity index is 1.82. The summed E-state index contributed by atoms with van der Waals surface area (Å²) in [4.78, 5) is 6.61. The van der Waals surface area contributed by atoms with Crippen molar-refractivity contribution in [2.45, 2.75) is 20.4 Å². The second-order valence-corrected chi connectivity index (χ2v) is 5.09. The van der Waals surface area contributed by atoms with Crippen LogP contribution in [-0.4, -0.2) is 36.1 Å². The summed E-state index contributed by atoms with van der Waals surface area (Å²) >= 11 is 0. The SMILES string of the molecule is CCN(CC)CCOc1cccc(CNc2ccccn2)c1. The van der Waals surface area contributed by atoms with Crippen molar-refractivity contribution >= 4 is 5.82 Å². The third kappa shape index (κ3) is 5.37. The fourth-order valence-electron chi connectivity index (χ4n) is 2.24. The second-order valence-electron chi connectivity index (χ2n) is 5.09. The number of hydrogen-bond donors (Lipinski definition) is 1. The minimum absolute atomic E-state index is 0.721. The largest absolute Gasteiger partial charge is 0.492 e. The first-order chi connectivity index (χ1) is 10.8. The Labute approximate surface area is 133 Å². The summed E-state index contributed by atoms with van der Waals surface area (Å²) in [6, 6.07) is 14.1. The second kappa shape index (κ2) is 9.05. The fourth-order valence-corrected chi connectivity index (χ4v) is 2.24. The molecule has 1 aromatic heterocycles. The summed E-state index contributed by atoms with van der Waals surface area (Å²) in [6.07, 6.45) is 1.79.